The van der Waals surface area contributed by atoms with Gasteiger partial charge in [0.1, 0.15) is 0 Å². The first-order chi connectivity index (χ1) is 9.97. The molecule has 0 heterocycles. The Bertz CT molecular complexity index is 476. The van der Waals surface area contributed by atoms with Crippen molar-refractivity contribution in [3.05, 3.63) is 24.3 Å². The van der Waals surface area contributed by atoms with Gasteiger partial charge >= 0.3 is 6.03 Å². The summed E-state index contributed by atoms with van der Waals surface area (Å²) < 4.78 is 24.4. The molecule has 2 amide bonds. The van der Waals surface area contributed by atoms with E-state index in [1.807, 2.05) is 0 Å². The van der Waals surface area contributed by atoms with E-state index in [0.717, 1.165) is 12.8 Å². The maximum absolute atomic E-state index is 12.2. The molecule has 0 saturated heterocycles. The predicted octanol–water partition coefficient (Wildman–Crippen LogP) is 3.43. The molecule has 7 heteroatoms. The minimum absolute atomic E-state index is 0.220. The highest BCUT2D eigenvalue weighted by molar-refractivity contribution is 7.99. The number of carbonyl (C=O) groups excluding carboxylic acids is 1. The van der Waals surface area contributed by atoms with Crippen LogP contribution in [0.4, 0.5) is 19.3 Å². The monoisotopic (exact) mass is 316 g/mol. The summed E-state index contributed by atoms with van der Waals surface area (Å²) in [5, 5.41) is 15.4. The fraction of sp³-hybridized carbons (Fsp3) is 0.500. The van der Waals surface area contributed by atoms with Crippen LogP contribution in [0.15, 0.2) is 29.2 Å². The van der Waals surface area contributed by atoms with Gasteiger partial charge in [0.2, 0.25) is 0 Å². The lowest BCUT2D eigenvalue weighted by molar-refractivity contribution is 0.0506. The fourth-order valence-electron chi connectivity index (χ4n) is 2.35. The Hall–Kier alpha value is -1.34. The highest BCUT2D eigenvalue weighted by atomic mass is 32.2. The molecule has 0 aromatic heterocycles. The molecule has 0 bridgehead atoms. The first-order valence-electron chi connectivity index (χ1n) is 6.79. The van der Waals surface area contributed by atoms with Crippen molar-refractivity contribution in [3.8, 4) is 0 Å². The molecule has 1 aliphatic rings. The van der Waals surface area contributed by atoms with E-state index in [-0.39, 0.29) is 6.54 Å². The van der Waals surface area contributed by atoms with Gasteiger partial charge in [-0.05, 0) is 37.1 Å². The Labute approximate surface area is 126 Å². The lowest BCUT2D eigenvalue weighted by Gasteiger charge is -2.22. The Kier molecular flexibility index (Phi) is 5.41. The maximum Gasteiger partial charge on any atom is 0.319 e. The molecular weight excluding hydrogens is 298 g/mol. The third kappa shape index (κ3) is 5.17. The van der Waals surface area contributed by atoms with Crippen LogP contribution in [0, 0.1) is 0 Å². The SMILES string of the molecule is O=C(NCC1(O)CCCC1)Nc1ccc(SC(F)F)cc1. The van der Waals surface area contributed by atoms with E-state index in [1.165, 1.54) is 12.1 Å². The molecule has 0 aliphatic heterocycles. The van der Waals surface area contributed by atoms with Crippen molar-refractivity contribution < 1.29 is 18.7 Å². The van der Waals surface area contributed by atoms with Crippen molar-refractivity contribution in [1.29, 1.82) is 0 Å². The Morgan fingerprint density at radius 2 is 1.90 bits per heavy atom. The number of benzene rings is 1. The van der Waals surface area contributed by atoms with Gasteiger partial charge in [-0.25, -0.2) is 4.79 Å². The topological polar surface area (TPSA) is 61.4 Å². The fourth-order valence-corrected chi connectivity index (χ4v) is 2.85. The number of anilines is 1. The van der Waals surface area contributed by atoms with Crippen LogP contribution in [0.1, 0.15) is 25.7 Å². The molecule has 1 saturated carbocycles. The molecule has 2 rings (SSSR count). The van der Waals surface area contributed by atoms with Gasteiger partial charge in [-0.1, -0.05) is 24.6 Å². The normalized spacial score (nSPS) is 17.0. The maximum atomic E-state index is 12.2. The second kappa shape index (κ2) is 7.09. The lowest BCUT2D eigenvalue weighted by Crippen LogP contribution is -2.42. The Morgan fingerprint density at radius 1 is 1.29 bits per heavy atom. The van der Waals surface area contributed by atoms with Gasteiger partial charge < -0.3 is 15.7 Å². The van der Waals surface area contributed by atoms with Crippen molar-refractivity contribution in [2.24, 2.45) is 0 Å². The van der Waals surface area contributed by atoms with Gasteiger partial charge in [0.15, 0.2) is 0 Å². The number of alkyl halides is 2. The highest BCUT2D eigenvalue weighted by Gasteiger charge is 2.31. The summed E-state index contributed by atoms with van der Waals surface area (Å²) in [6, 6.07) is 5.77. The Balaban J connectivity index is 1.79. The van der Waals surface area contributed by atoms with E-state index >= 15 is 0 Å². The summed E-state index contributed by atoms with van der Waals surface area (Å²) in [5.74, 6) is -2.46. The van der Waals surface area contributed by atoms with E-state index in [1.54, 1.807) is 12.1 Å². The molecule has 116 valence electrons. The van der Waals surface area contributed by atoms with Crippen LogP contribution in [-0.2, 0) is 0 Å². The summed E-state index contributed by atoms with van der Waals surface area (Å²) in [6.07, 6.45) is 3.35. The van der Waals surface area contributed by atoms with Crippen molar-refractivity contribution in [2.45, 2.75) is 41.9 Å². The lowest BCUT2D eigenvalue weighted by atomic mass is 10.0. The molecule has 0 radical (unpaired) electrons. The molecule has 0 unspecified atom stereocenters. The Morgan fingerprint density at radius 3 is 2.48 bits per heavy atom. The van der Waals surface area contributed by atoms with Gasteiger partial charge in [0.05, 0.1) is 5.60 Å². The summed E-state index contributed by atoms with van der Waals surface area (Å²) in [4.78, 5) is 12.2. The van der Waals surface area contributed by atoms with Crippen LogP contribution in [0.2, 0.25) is 0 Å². The van der Waals surface area contributed by atoms with Crippen molar-refractivity contribution >= 4 is 23.5 Å². The molecule has 1 aromatic carbocycles. The molecule has 21 heavy (non-hydrogen) atoms. The van der Waals surface area contributed by atoms with E-state index in [4.69, 9.17) is 0 Å². The smallest absolute Gasteiger partial charge is 0.319 e. The van der Waals surface area contributed by atoms with E-state index in [2.05, 4.69) is 10.6 Å². The van der Waals surface area contributed by atoms with E-state index in [9.17, 15) is 18.7 Å². The van der Waals surface area contributed by atoms with Crippen molar-refractivity contribution in [2.75, 3.05) is 11.9 Å². The largest absolute Gasteiger partial charge is 0.388 e. The predicted molar refractivity (Wildman–Crippen MR) is 78.7 cm³/mol. The zero-order valence-electron chi connectivity index (χ0n) is 11.4. The molecule has 0 atom stereocenters. The average molecular weight is 316 g/mol. The second-order valence-corrected chi connectivity index (χ2v) is 6.21. The number of amides is 2. The third-order valence-electron chi connectivity index (χ3n) is 3.45. The third-order valence-corrected chi connectivity index (χ3v) is 4.17. The van der Waals surface area contributed by atoms with Crippen LogP contribution < -0.4 is 10.6 Å². The number of halogens is 2. The summed E-state index contributed by atoms with van der Waals surface area (Å²) in [6.45, 7) is 0.220. The zero-order valence-corrected chi connectivity index (χ0v) is 12.3. The van der Waals surface area contributed by atoms with Crippen molar-refractivity contribution in [3.63, 3.8) is 0 Å². The molecule has 0 spiro atoms. The minimum atomic E-state index is -2.46. The van der Waals surface area contributed by atoms with Crippen LogP contribution in [0.25, 0.3) is 0 Å². The summed E-state index contributed by atoms with van der Waals surface area (Å²) in [5.41, 5.74) is -0.278. The van der Waals surface area contributed by atoms with E-state index < -0.39 is 17.4 Å². The number of hydrogen-bond donors (Lipinski definition) is 3. The molecule has 1 aliphatic carbocycles. The van der Waals surface area contributed by atoms with Crippen molar-refractivity contribution in [1.82, 2.24) is 5.32 Å². The number of rotatable bonds is 5. The average Bonchev–Trinajstić information content (AvgIpc) is 2.86. The first-order valence-corrected chi connectivity index (χ1v) is 7.67. The number of aliphatic hydroxyl groups is 1. The number of carbonyl (C=O) groups is 1. The van der Waals surface area contributed by atoms with Gasteiger partial charge in [-0.3, -0.25) is 0 Å². The van der Waals surface area contributed by atoms with Crippen LogP contribution >= 0.6 is 11.8 Å². The highest BCUT2D eigenvalue weighted by Crippen LogP contribution is 2.28. The summed E-state index contributed by atoms with van der Waals surface area (Å²) >= 11 is 0.458. The van der Waals surface area contributed by atoms with Gasteiger partial charge in [-0.15, -0.1) is 0 Å². The number of urea groups is 1. The standard InChI is InChI=1S/C14H18F2N2O2S/c15-12(16)21-11-5-3-10(4-6-11)18-13(19)17-9-14(20)7-1-2-8-14/h3-6,12,20H,1-2,7-9H2,(H2,17,18,19). The molecule has 1 fully saturated rings. The zero-order chi connectivity index (χ0) is 15.3. The van der Waals surface area contributed by atoms with Gasteiger partial charge in [0, 0.05) is 17.1 Å². The molecular formula is C14H18F2N2O2S. The van der Waals surface area contributed by atoms with E-state index in [0.29, 0.717) is 35.2 Å². The second-order valence-electron chi connectivity index (χ2n) is 5.14. The molecule has 3 N–H and O–H groups in total. The van der Waals surface area contributed by atoms with Crippen LogP contribution in [0.3, 0.4) is 0 Å². The number of thioether (sulfide) groups is 1. The number of nitrogens with one attached hydrogen (secondary N) is 2. The van der Waals surface area contributed by atoms with Crippen LogP contribution in [0.5, 0.6) is 0 Å². The first kappa shape index (κ1) is 16.0. The molecule has 1 aromatic rings. The minimum Gasteiger partial charge on any atom is -0.388 e. The van der Waals surface area contributed by atoms with Crippen LogP contribution in [-0.4, -0.2) is 29.0 Å². The molecule has 4 nitrogen and oxygen atoms in total. The summed E-state index contributed by atoms with van der Waals surface area (Å²) in [7, 11) is 0. The quantitative estimate of drug-likeness (QED) is 0.729. The van der Waals surface area contributed by atoms with Gasteiger partial charge in [-0.2, -0.15) is 8.78 Å². The number of hydrogen-bond acceptors (Lipinski definition) is 3. The van der Waals surface area contributed by atoms with Gasteiger partial charge in [0.25, 0.3) is 5.76 Å².